The second-order valence-corrected chi connectivity index (χ2v) is 4.73. The molecule has 1 saturated heterocycles. The van der Waals surface area contributed by atoms with Crippen LogP contribution in [-0.2, 0) is 4.74 Å². The largest absolute Gasteiger partial charge is 0.496 e. The molecular formula is C14H21NO2. The van der Waals surface area contributed by atoms with Gasteiger partial charge in [-0.05, 0) is 50.5 Å². The minimum absolute atomic E-state index is 0.362. The van der Waals surface area contributed by atoms with Crippen molar-refractivity contribution in [3.8, 4) is 5.75 Å². The van der Waals surface area contributed by atoms with Crippen LogP contribution in [0.25, 0.3) is 0 Å². The smallest absolute Gasteiger partial charge is 0.121 e. The molecule has 3 nitrogen and oxygen atoms in total. The number of anilines is 1. The van der Waals surface area contributed by atoms with Crippen molar-refractivity contribution in [3.05, 3.63) is 23.8 Å². The molecule has 0 aromatic heterocycles. The molecule has 1 N–H and O–H groups in total. The van der Waals surface area contributed by atoms with Crippen molar-refractivity contribution >= 4 is 5.69 Å². The number of aryl methyl sites for hydroxylation is 1. The second kappa shape index (κ2) is 5.41. The highest BCUT2D eigenvalue weighted by Crippen LogP contribution is 2.24. The molecule has 2 atom stereocenters. The lowest BCUT2D eigenvalue weighted by Gasteiger charge is -2.28. The van der Waals surface area contributed by atoms with Crippen molar-refractivity contribution in [3.63, 3.8) is 0 Å². The highest BCUT2D eigenvalue weighted by molar-refractivity contribution is 5.51. The van der Waals surface area contributed by atoms with Crippen LogP contribution in [0.2, 0.25) is 0 Å². The molecule has 94 valence electrons. The molecule has 1 aliphatic rings. The van der Waals surface area contributed by atoms with E-state index in [2.05, 4.69) is 31.3 Å². The fourth-order valence-electron chi connectivity index (χ4n) is 2.33. The maximum atomic E-state index is 5.55. The fraction of sp³-hybridized carbons (Fsp3) is 0.571. The molecule has 17 heavy (non-hydrogen) atoms. The first-order chi connectivity index (χ1) is 8.19. The SMILES string of the molecule is COc1ccc(NC2CCOC(C)C2)cc1C. The van der Waals surface area contributed by atoms with E-state index in [-0.39, 0.29) is 0 Å². The first kappa shape index (κ1) is 12.2. The van der Waals surface area contributed by atoms with Crippen LogP contribution in [0.4, 0.5) is 5.69 Å². The van der Waals surface area contributed by atoms with E-state index < -0.39 is 0 Å². The monoisotopic (exact) mass is 235 g/mol. The maximum Gasteiger partial charge on any atom is 0.121 e. The van der Waals surface area contributed by atoms with Crippen molar-refractivity contribution in [1.29, 1.82) is 0 Å². The van der Waals surface area contributed by atoms with Crippen LogP contribution in [0.15, 0.2) is 18.2 Å². The molecule has 1 aliphatic heterocycles. The normalized spacial score (nSPS) is 24.4. The summed E-state index contributed by atoms with van der Waals surface area (Å²) in [5.41, 5.74) is 2.33. The van der Waals surface area contributed by atoms with Crippen LogP contribution in [0, 0.1) is 6.92 Å². The Morgan fingerprint density at radius 3 is 2.88 bits per heavy atom. The molecule has 1 aromatic carbocycles. The van der Waals surface area contributed by atoms with Crippen LogP contribution in [0.5, 0.6) is 5.75 Å². The van der Waals surface area contributed by atoms with Crippen LogP contribution in [0.3, 0.4) is 0 Å². The maximum absolute atomic E-state index is 5.55. The lowest BCUT2D eigenvalue weighted by atomic mass is 10.0. The minimum atomic E-state index is 0.362. The summed E-state index contributed by atoms with van der Waals surface area (Å²) in [6.07, 6.45) is 2.51. The number of nitrogens with one attached hydrogen (secondary N) is 1. The molecule has 1 aromatic rings. The van der Waals surface area contributed by atoms with Gasteiger partial charge in [-0.25, -0.2) is 0 Å². The molecule has 2 rings (SSSR count). The highest BCUT2D eigenvalue weighted by Gasteiger charge is 2.19. The molecule has 0 aliphatic carbocycles. The summed E-state index contributed by atoms with van der Waals surface area (Å²) in [5.74, 6) is 0.941. The number of benzene rings is 1. The Labute approximate surface area is 103 Å². The molecule has 0 bridgehead atoms. The molecule has 0 amide bonds. The third-order valence-corrected chi connectivity index (χ3v) is 3.25. The number of rotatable bonds is 3. The first-order valence-corrected chi connectivity index (χ1v) is 6.22. The topological polar surface area (TPSA) is 30.5 Å². The lowest BCUT2D eigenvalue weighted by molar-refractivity contribution is 0.0232. The summed E-state index contributed by atoms with van der Waals surface area (Å²) in [4.78, 5) is 0. The van der Waals surface area contributed by atoms with Gasteiger partial charge in [-0.1, -0.05) is 0 Å². The zero-order valence-corrected chi connectivity index (χ0v) is 10.8. The summed E-state index contributed by atoms with van der Waals surface area (Å²) < 4.78 is 10.8. The zero-order valence-electron chi connectivity index (χ0n) is 10.8. The number of ether oxygens (including phenoxy) is 2. The summed E-state index contributed by atoms with van der Waals surface area (Å²) >= 11 is 0. The zero-order chi connectivity index (χ0) is 12.3. The van der Waals surface area contributed by atoms with Crippen molar-refractivity contribution < 1.29 is 9.47 Å². The van der Waals surface area contributed by atoms with Crippen LogP contribution >= 0.6 is 0 Å². The van der Waals surface area contributed by atoms with Gasteiger partial charge in [-0.3, -0.25) is 0 Å². The summed E-state index contributed by atoms with van der Waals surface area (Å²) in [7, 11) is 1.70. The quantitative estimate of drug-likeness (QED) is 0.873. The van der Waals surface area contributed by atoms with Crippen molar-refractivity contribution in [1.82, 2.24) is 0 Å². The van der Waals surface area contributed by atoms with E-state index >= 15 is 0 Å². The lowest BCUT2D eigenvalue weighted by Crippen LogP contribution is -2.32. The van der Waals surface area contributed by atoms with Crippen molar-refractivity contribution in [2.75, 3.05) is 19.0 Å². The predicted molar refractivity (Wildman–Crippen MR) is 69.8 cm³/mol. The average Bonchev–Trinajstić information content (AvgIpc) is 2.29. The molecule has 2 unspecified atom stereocenters. The third kappa shape index (κ3) is 3.13. The van der Waals surface area contributed by atoms with Gasteiger partial charge in [-0.15, -0.1) is 0 Å². The Hall–Kier alpha value is -1.22. The van der Waals surface area contributed by atoms with Crippen molar-refractivity contribution in [2.24, 2.45) is 0 Å². The Morgan fingerprint density at radius 1 is 1.41 bits per heavy atom. The Balaban J connectivity index is 2.00. The van der Waals surface area contributed by atoms with E-state index in [9.17, 15) is 0 Å². The van der Waals surface area contributed by atoms with Gasteiger partial charge in [0.1, 0.15) is 5.75 Å². The number of hydrogen-bond acceptors (Lipinski definition) is 3. The van der Waals surface area contributed by atoms with Crippen LogP contribution in [0.1, 0.15) is 25.3 Å². The fourth-order valence-corrected chi connectivity index (χ4v) is 2.33. The Bertz CT molecular complexity index is 378. The van der Waals surface area contributed by atoms with Gasteiger partial charge in [0.05, 0.1) is 13.2 Å². The van der Waals surface area contributed by atoms with E-state index in [0.717, 1.165) is 30.8 Å². The summed E-state index contributed by atoms with van der Waals surface area (Å²) in [6, 6.07) is 6.75. The van der Waals surface area contributed by atoms with Gasteiger partial charge < -0.3 is 14.8 Å². The Morgan fingerprint density at radius 2 is 2.24 bits per heavy atom. The van der Waals surface area contributed by atoms with Gasteiger partial charge in [0.25, 0.3) is 0 Å². The van der Waals surface area contributed by atoms with Crippen LogP contribution < -0.4 is 10.1 Å². The van der Waals surface area contributed by atoms with Gasteiger partial charge in [0.2, 0.25) is 0 Å². The van der Waals surface area contributed by atoms with Gasteiger partial charge >= 0.3 is 0 Å². The van der Waals surface area contributed by atoms with Gasteiger partial charge in [0, 0.05) is 18.3 Å². The molecule has 1 heterocycles. The molecule has 0 radical (unpaired) electrons. The first-order valence-electron chi connectivity index (χ1n) is 6.22. The molecular weight excluding hydrogens is 214 g/mol. The van der Waals surface area contributed by atoms with Gasteiger partial charge in [0.15, 0.2) is 0 Å². The summed E-state index contributed by atoms with van der Waals surface area (Å²) in [6.45, 7) is 5.05. The average molecular weight is 235 g/mol. The predicted octanol–water partition coefficient (Wildman–Crippen LogP) is 2.98. The standard InChI is InChI=1S/C14H21NO2/c1-10-8-12(4-5-14(10)16-3)15-13-6-7-17-11(2)9-13/h4-5,8,11,13,15H,6-7,9H2,1-3H3. The number of hydrogen-bond donors (Lipinski definition) is 1. The summed E-state index contributed by atoms with van der Waals surface area (Å²) in [5, 5.41) is 3.57. The van der Waals surface area contributed by atoms with E-state index in [1.54, 1.807) is 7.11 Å². The van der Waals surface area contributed by atoms with Gasteiger partial charge in [-0.2, -0.15) is 0 Å². The third-order valence-electron chi connectivity index (χ3n) is 3.25. The van der Waals surface area contributed by atoms with Crippen LogP contribution in [-0.4, -0.2) is 25.9 Å². The van der Waals surface area contributed by atoms with E-state index in [1.165, 1.54) is 5.69 Å². The molecule has 1 fully saturated rings. The van der Waals surface area contributed by atoms with Crippen molar-refractivity contribution in [2.45, 2.75) is 38.8 Å². The minimum Gasteiger partial charge on any atom is -0.496 e. The molecule has 0 spiro atoms. The van der Waals surface area contributed by atoms with E-state index in [4.69, 9.17) is 9.47 Å². The Kier molecular flexibility index (Phi) is 3.89. The van der Waals surface area contributed by atoms with E-state index in [0.29, 0.717) is 12.1 Å². The molecule has 3 heteroatoms. The highest BCUT2D eigenvalue weighted by atomic mass is 16.5. The van der Waals surface area contributed by atoms with E-state index in [1.807, 2.05) is 6.07 Å². The second-order valence-electron chi connectivity index (χ2n) is 4.73. The molecule has 0 saturated carbocycles. The number of methoxy groups -OCH3 is 1.